The number of rotatable bonds is 6. The van der Waals surface area contributed by atoms with Gasteiger partial charge < -0.3 is 25.0 Å². The molecule has 0 bridgehead atoms. The number of benzene rings is 2. The van der Waals surface area contributed by atoms with Gasteiger partial charge in [0, 0.05) is 23.6 Å². The zero-order chi connectivity index (χ0) is 19.5. The second-order valence-corrected chi connectivity index (χ2v) is 5.98. The summed E-state index contributed by atoms with van der Waals surface area (Å²) in [6.45, 7) is 1.59. The van der Waals surface area contributed by atoms with E-state index < -0.39 is 11.9 Å². The Bertz CT molecular complexity index is 699. The number of carboxylic acid groups (broad SMARTS) is 2. The predicted molar refractivity (Wildman–Crippen MR) is 99.5 cm³/mol. The molecule has 0 amide bonds. The topological polar surface area (TPSA) is 105 Å². The second-order valence-electron chi connectivity index (χ2n) is 5.06. The van der Waals surface area contributed by atoms with E-state index >= 15 is 0 Å². The molecule has 0 radical (unpaired) electrons. The average Bonchev–Trinajstić information content (AvgIpc) is 2.63. The summed E-state index contributed by atoms with van der Waals surface area (Å²) >= 11 is 3.43. The van der Waals surface area contributed by atoms with Gasteiger partial charge in [0.1, 0.15) is 11.5 Å². The molecule has 0 heterocycles. The Morgan fingerprint density at radius 2 is 1.35 bits per heavy atom. The van der Waals surface area contributed by atoms with Crippen LogP contribution in [0.15, 0.2) is 46.9 Å². The molecule has 0 atom stereocenters. The normalized spacial score (nSPS) is 9.65. The largest absolute Gasteiger partial charge is 0.497 e. The Labute approximate surface area is 159 Å². The SMILES string of the molecule is COc1cc(CNCc2ccc(Br)cc2)cc(OC)c1.O=C(O)C(=O)O. The zero-order valence-corrected chi connectivity index (χ0v) is 15.9. The molecule has 2 aromatic rings. The summed E-state index contributed by atoms with van der Waals surface area (Å²) in [6.07, 6.45) is 0. The minimum Gasteiger partial charge on any atom is -0.497 e. The van der Waals surface area contributed by atoms with Gasteiger partial charge in [-0.15, -0.1) is 0 Å². The number of ether oxygens (including phenoxy) is 2. The van der Waals surface area contributed by atoms with E-state index in [-0.39, 0.29) is 0 Å². The maximum absolute atomic E-state index is 9.10. The van der Waals surface area contributed by atoms with Crippen molar-refractivity contribution in [3.8, 4) is 11.5 Å². The fraction of sp³-hybridized carbons (Fsp3) is 0.222. The molecule has 0 unspecified atom stereocenters. The number of hydrogen-bond acceptors (Lipinski definition) is 5. The van der Waals surface area contributed by atoms with Crippen molar-refractivity contribution in [1.82, 2.24) is 5.32 Å². The molecule has 8 heteroatoms. The number of hydrogen-bond donors (Lipinski definition) is 3. The highest BCUT2D eigenvalue weighted by molar-refractivity contribution is 9.10. The van der Waals surface area contributed by atoms with Crippen LogP contribution in [0, 0.1) is 0 Å². The molecule has 2 aromatic carbocycles. The quantitative estimate of drug-likeness (QED) is 0.610. The maximum atomic E-state index is 9.10. The molecular formula is C18H20BrNO6. The molecule has 3 N–H and O–H groups in total. The average molecular weight is 426 g/mol. The highest BCUT2D eigenvalue weighted by atomic mass is 79.9. The van der Waals surface area contributed by atoms with Gasteiger partial charge >= 0.3 is 11.9 Å². The number of methoxy groups -OCH3 is 2. The predicted octanol–water partition coefficient (Wildman–Crippen LogP) is 2.91. The molecule has 7 nitrogen and oxygen atoms in total. The molecule has 0 spiro atoms. The van der Waals surface area contributed by atoms with Crippen LogP contribution in [0.5, 0.6) is 11.5 Å². The molecule has 0 fully saturated rings. The Balaban J connectivity index is 0.000000487. The number of carboxylic acids is 2. The lowest BCUT2D eigenvalue weighted by Crippen LogP contribution is -2.12. The van der Waals surface area contributed by atoms with Gasteiger partial charge in [-0.1, -0.05) is 28.1 Å². The van der Waals surface area contributed by atoms with Crippen molar-refractivity contribution in [2.24, 2.45) is 0 Å². The first kappa shape index (κ1) is 21.5. The molecule has 0 aromatic heterocycles. The van der Waals surface area contributed by atoms with Gasteiger partial charge in [0.25, 0.3) is 0 Å². The van der Waals surface area contributed by atoms with E-state index in [1.807, 2.05) is 30.3 Å². The number of halogens is 1. The summed E-state index contributed by atoms with van der Waals surface area (Å²) in [5.74, 6) is -2.03. The van der Waals surface area contributed by atoms with Crippen LogP contribution in [0.3, 0.4) is 0 Å². The highest BCUT2D eigenvalue weighted by Crippen LogP contribution is 2.22. The molecule has 0 aliphatic rings. The molecular weight excluding hydrogens is 406 g/mol. The summed E-state index contributed by atoms with van der Waals surface area (Å²) in [5.41, 5.74) is 2.39. The fourth-order valence-electron chi connectivity index (χ4n) is 1.92. The first-order valence-electron chi connectivity index (χ1n) is 7.49. The Morgan fingerprint density at radius 1 is 0.885 bits per heavy atom. The van der Waals surface area contributed by atoms with Gasteiger partial charge in [-0.05, 0) is 35.4 Å². The Hall–Kier alpha value is -2.58. The first-order chi connectivity index (χ1) is 12.3. The van der Waals surface area contributed by atoms with Gasteiger partial charge in [-0.2, -0.15) is 0 Å². The third-order valence-electron chi connectivity index (χ3n) is 3.17. The van der Waals surface area contributed by atoms with E-state index in [9.17, 15) is 0 Å². The summed E-state index contributed by atoms with van der Waals surface area (Å²) in [4.78, 5) is 18.2. The van der Waals surface area contributed by atoms with Gasteiger partial charge in [0.05, 0.1) is 14.2 Å². The van der Waals surface area contributed by atoms with E-state index in [4.69, 9.17) is 29.3 Å². The van der Waals surface area contributed by atoms with Crippen molar-refractivity contribution in [3.63, 3.8) is 0 Å². The fourth-order valence-corrected chi connectivity index (χ4v) is 2.19. The van der Waals surface area contributed by atoms with Crippen molar-refractivity contribution in [1.29, 1.82) is 0 Å². The van der Waals surface area contributed by atoms with Crippen LogP contribution in [0.4, 0.5) is 0 Å². The van der Waals surface area contributed by atoms with Gasteiger partial charge in [-0.25, -0.2) is 9.59 Å². The summed E-state index contributed by atoms with van der Waals surface area (Å²) < 4.78 is 11.6. The third-order valence-corrected chi connectivity index (χ3v) is 3.69. The number of nitrogens with one attached hydrogen (secondary N) is 1. The van der Waals surface area contributed by atoms with E-state index in [0.717, 1.165) is 34.6 Å². The lowest BCUT2D eigenvalue weighted by molar-refractivity contribution is -0.159. The van der Waals surface area contributed by atoms with Crippen LogP contribution < -0.4 is 14.8 Å². The molecule has 0 aliphatic carbocycles. The minimum atomic E-state index is -1.82. The molecule has 0 aliphatic heterocycles. The van der Waals surface area contributed by atoms with Crippen molar-refractivity contribution in [2.45, 2.75) is 13.1 Å². The lowest BCUT2D eigenvalue weighted by atomic mass is 10.2. The van der Waals surface area contributed by atoms with Crippen LogP contribution in [0.25, 0.3) is 0 Å². The highest BCUT2D eigenvalue weighted by Gasteiger charge is 2.04. The van der Waals surface area contributed by atoms with E-state index in [2.05, 4.69) is 33.4 Å². The monoisotopic (exact) mass is 425 g/mol. The summed E-state index contributed by atoms with van der Waals surface area (Å²) in [5, 5.41) is 18.2. The van der Waals surface area contributed by atoms with E-state index in [1.165, 1.54) is 5.56 Å². The lowest BCUT2D eigenvalue weighted by Gasteiger charge is -2.09. The van der Waals surface area contributed by atoms with Crippen molar-refractivity contribution in [3.05, 3.63) is 58.1 Å². The van der Waals surface area contributed by atoms with Crippen molar-refractivity contribution < 1.29 is 29.3 Å². The first-order valence-corrected chi connectivity index (χ1v) is 8.28. The minimum absolute atomic E-state index is 0.767. The summed E-state index contributed by atoms with van der Waals surface area (Å²) in [6, 6.07) is 14.2. The van der Waals surface area contributed by atoms with Crippen LogP contribution in [0.1, 0.15) is 11.1 Å². The van der Waals surface area contributed by atoms with Crippen LogP contribution in [-0.4, -0.2) is 36.4 Å². The smallest absolute Gasteiger partial charge is 0.414 e. The molecule has 0 saturated carbocycles. The van der Waals surface area contributed by atoms with E-state index in [1.54, 1.807) is 14.2 Å². The standard InChI is InChI=1S/C16H18BrNO2.C2H2O4/c1-19-15-7-13(8-16(9-15)20-2)11-18-10-12-3-5-14(17)6-4-12;3-1(4)2(5)6/h3-9,18H,10-11H2,1-2H3;(H,3,4)(H,5,6). The molecule has 0 saturated heterocycles. The van der Waals surface area contributed by atoms with Crippen molar-refractivity contribution in [2.75, 3.05) is 14.2 Å². The van der Waals surface area contributed by atoms with Gasteiger partial charge in [0.2, 0.25) is 0 Å². The Kier molecular flexibility index (Phi) is 9.18. The van der Waals surface area contributed by atoms with Crippen LogP contribution >= 0.6 is 15.9 Å². The maximum Gasteiger partial charge on any atom is 0.414 e. The number of carbonyl (C=O) groups is 2. The molecule has 2 rings (SSSR count). The Morgan fingerprint density at radius 3 is 1.77 bits per heavy atom. The number of aliphatic carboxylic acids is 2. The summed E-state index contributed by atoms with van der Waals surface area (Å²) in [7, 11) is 3.32. The van der Waals surface area contributed by atoms with Crippen LogP contribution in [0.2, 0.25) is 0 Å². The van der Waals surface area contributed by atoms with Crippen LogP contribution in [-0.2, 0) is 22.7 Å². The van der Waals surface area contributed by atoms with Crippen molar-refractivity contribution >= 4 is 27.9 Å². The second kappa shape index (κ2) is 11.1. The van der Waals surface area contributed by atoms with Gasteiger partial charge in [-0.3, -0.25) is 0 Å². The van der Waals surface area contributed by atoms with Gasteiger partial charge in [0.15, 0.2) is 0 Å². The third kappa shape index (κ3) is 8.00. The van der Waals surface area contributed by atoms with E-state index in [0.29, 0.717) is 0 Å². The zero-order valence-electron chi connectivity index (χ0n) is 14.4. The molecule has 26 heavy (non-hydrogen) atoms. The molecule has 140 valence electrons.